The van der Waals surface area contributed by atoms with Crippen LogP contribution in [0.3, 0.4) is 0 Å². The molecule has 1 N–H and O–H groups in total. The van der Waals surface area contributed by atoms with Crippen molar-refractivity contribution >= 4 is 5.69 Å². The van der Waals surface area contributed by atoms with Gasteiger partial charge in [0.2, 0.25) is 0 Å². The maximum absolute atomic E-state index is 13.3. The summed E-state index contributed by atoms with van der Waals surface area (Å²) >= 11 is 0. The zero-order valence-electron chi connectivity index (χ0n) is 10.6. The SMILES string of the molecule is Cc1cc(F)ccc1NCCOc1ccccc1F. The van der Waals surface area contributed by atoms with Gasteiger partial charge in [0.25, 0.3) is 0 Å². The monoisotopic (exact) mass is 263 g/mol. The van der Waals surface area contributed by atoms with Crippen molar-refractivity contribution in [2.75, 3.05) is 18.5 Å². The minimum Gasteiger partial charge on any atom is -0.489 e. The Kier molecular flexibility index (Phi) is 4.34. The molecule has 0 saturated carbocycles. The Morgan fingerprint density at radius 2 is 1.89 bits per heavy atom. The van der Waals surface area contributed by atoms with Crippen LogP contribution in [0.25, 0.3) is 0 Å². The van der Waals surface area contributed by atoms with Gasteiger partial charge >= 0.3 is 0 Å². The number of nitrogens with one attached hydrogen (secondary N) is 1. The number of para-hydroxylation sites is 1. The smallest absolute Gasteiger partial charge is 0.165 e. The number of aryl methyl sites for hydroxylation is 1. The zero-order chi connectivity index (χ0) is 13.7. The van der Waals surface area contributed by atoms with E-state index in [2.05, 4.69) is 5.32 Å². The van der Waals surface area contributed by atoms with Gasteiger partial charge in [0, 0.05) is 12.2 Å². The highest BCUT2D eigenvalue weighted by molar-refractivity contribution is 5.50. The standard InChI is InChI=1S/C15H15F2NO/c1-11-10-12(16)6-7-14(11)18-8-9-19-15-5-3-2-4-13(15)17/h2-7,10,18H,8-9H2,1H3. The Hall–Kier alpha value is -2.10. The molecule has 0 atom stereocenters. The largest absolute Gasteiger partial charge is 0.489 e. The van der Waals surface area contributed by atoms with Crippen LogP contribution in [0.1, 0.15) is 5.56 Å². The molecule has 2 aromatic rings. The normalized spacial score (nSPS) is 10.3. The van der Waals surface area contributed by atoms with Gasteiger partial charge in [0.15, 0.2) is 11.6 Å². The molecule has 100 valence electrons. The summed E-state index contributed by atoms with van der Waals surface area (Å²) in [6.07, 6.45) is 0. The van der Waals surface area contributed by atoms with Crippen molar-refractivity contribution in [2.45, 2.75) is 6.92 Å². The molecule has 0 amide bonds. The van der Waals surface area contributed by atoms with E-state index in [1.165, 1.54) is 18.2 Å². The molecule has 2 rings (SSSR count). The quantitative estimate of drug-likeness (QED) is 0.829. The average molecular weight is 263 g/mol. The Bertz CT molecular complexity index is 558. The number of benzene rings is 2. The molecule has 0 aromatic heterocycles. The maximum atomic E-state index is 13.3. The third-order valence-electron chi connectivity index (χ3n) is 2.70. The Morgan fingerprint density at radius 1 is 1.11 bits per heavy atom. The number of ether oxygens (including phenoxy) is 1. The summed E-state index contributed by atoms with van der Waals surface area (Å²) in [4.78, 5) is 0. The summed E-state index contributed by atoms with van der Waals surface area (Å²) in [7, 11) is 0. The molecule has 0 heterocycles. The highest BCUT2D eigenvalue weighted by Crippen LogP contribution is 2.16. The Morgan fingerprint density at radius 3 is 2.63 bits per heavy atom. The molecule has 2 aromatic carbocycles. The van der Waals surface area contributed by atoms with Gasteiger partial charge in [-0.2, -0.15) is 0 Å². The third kappa shape index (κ3) is 3.68. The molecule has 0 spiro atoms. The van der Waals surface area contributed by atoms with E-state index in [1.54, 1.807) is 24.3 Å². The first-order chi connectivity index (χ1) is 9.16. The minimum absolute atomic E-state index is 0.236. The van der Waals surface area contributed by atoms with E-state index < -0.39 is 0 Å². The van der Waals surface area contributed by atoms with E-state index in [0.717, 1.165) is 11.3 Å². The Balaban J connectivity index is 1.83. The van der Waals surface area contributed by atoms with Crippen molar-refractivity contribution in [1.82, 2.24) is 0 Å². The van der Waals surface area contributed by atoms with Crippen molar-refractivity contribution in [3.05, 3.63) is 59.7 Å². The number of hydrogen-bond acceptors (Lipinski definition) is 2. The third-order valence-corrected chi connectivity index (χ3v) is 2.70. The molecule has 0 radical (unpaired) electrons. The van der Waals surface area contributed by atoms with Crippen LogP contribution in [0, 0.1) is 18.6 Å². The van der Waals surface area contributed by atoms with Gasteiger partial charge in [0.1, 0.15) is 12.4 Å². The fourth-order valence-corrected chi connectivity index (χ4v) is 1.73. The van der Waals surface area contributed by atoms with Gasteiger partial charge in [-0.1, -0.05) is 12.1 Å². The van der Waals surface area contributed by atoms with Crippen molar-refractivity contribution in [3.63, 3.8) is 0 Å². The lowest BCUT2D eigenvalue weighted by atomic mass is 10.2. The number of halogens is 2. The highest BCUT2D eigenvalue weighted by atomic mass is 19.1. The highest BCUT2D eigenvalue weighted by Gasteiger charge is 2.02. The predicted molar refractivity (Wildman–Crippen MR) is 71.5 cm³/mol. The molecule has 0 aliphatic carbocycles. The van der Waals surface area contributed by atoms with Crippen LogP contribution in [-0.4, -0.2) is 13.2 Å². The molecule has 0 fully saturated rings. The lowest BCUT2D eigenvalue weighted by Crippen LogP contribution is -2.12. The molecule has 0 saturated heterocycles. The fourth-order valence-electron chi connectivity index (χ4n) is 1.73. The van der Waals surface area contributed by atoms with Gasteiger partial charge in [-0.15, -0.1) is 0 Å². The second-order valence-electron chi connectivity index (χ2n) is 4.16. The van der Waals surface area contributed by atoms with Crippen molar-refractivity contribution < 1.29 is 13.5 Å². The van der Waals surface area contributed by atoms with Crippen molar-refractivity contribution in [3.8, 4) is 5.75 Å². The van der Waals surface area contributed by atoms with E-state index in [0.29, 0.717) is 13.2 Å². The van der Waals surface area contributed by atoms with Crippen LogP contribution in [-0.2, 0) is 0 Å². The van der Waals surface area contributed by atoms with E-state index in [4.69, 9.17) is 4.74 Å². The molecule has 0 aliphatic rings. The van der Waals surface area contributed by atoms with Crippen LogP contribution < -0.4 is 10.1 Å². The molecule has 19 heavy (non-hydrogen) atoms. The summed E-state index contributed by atoms with van der Waals surface area (Å²) in [5.41, 5.74) is 1.67. The zero-order valence-corrected chi connectivity index (χ0v) is 10.6. The molecule has 0 aliphatic heterocycles. The van der Waals surface area contributed by atoms with Crippen molar-refractivity contribution in [1.29, 1.82) is 0 Å². The average Bonchev–Trinajstić information content (AvgIpc) is 2.38. The molecule has 2 nitrogen and oxygen atoms in total. The lowest BCUT2D eigenvalue weighted by Gasteiger charge is -2.11. The molecule has 4 heteroatoms. The van der Waals surface area contributed by atoms with E-state index in [9.17, 15) is 8.78 Å². The maximum Gasteiger partial charge on any atom is 0.165 e. The summed E-state index contributed by atoms with van der Waals surface area (Å²) < 4.78 is 31.5. The number of anilines is 1. The first-order valence-electron chi connectivity index (χ1n) is 6.04. The first kappa shape index (κ1) is 13.3. The lowest BCUT2D eigenvalue weighted by molar-refractivity contribution is 0.315. The topological polar surface area (TPSA) is 21.3 Å². The van der Waals surface area contributed by atoms with Crippen molar-refractivity contribution in [2.24, 2.45) is 0 Å². The first-order valence-corrected chi connectivity index (χ1v) is 6.04. The van der Waals surface area contributed by atoms with Crippen LogP contribution >= 0.6 is 0 Å². The van der Waals surface area contributed by atoms with Gasteiger partial charge in [-0.25, -0.2) is 8.78 Å². The molecule has 0 unspecified atom stereocenters. The van der Waals surface area contributed by atoms with Gasteiger partial charge in [-0.3, -0.25) is 0 Å². The molecular weight excluding hydrogens is 248 g/mol. The second-order valence-corrected chi connectivity index (χ2v) is 4.16. The number of hydrogen-bond donors (Lipinski definition) is 1. The van der Waals surface area contributed by atoms with Crippen LogP contribution in [0.4, 0.5) is 14.5 Å². The minimum atomic E-state index is -0.375. The van der Waals surface area contributed by atoms with Crippen LogP contribution in [0.5, 0.6) is 5.75 Å². The predicted octanol–water partition coefficient (Wildman–Crippen LogP) is 3.76. The van der Waals surface area contributed by atoms with E-state index in [-0.39, 0.29) is 17.4 Å². The summed E-state index contributed by atoms with van der Waals surface area (Å²) in [6, 6.07) is 10.8. The second kappa shape index (κ2) is 6.18. The fraction of sp³-hybridized carbons (Fsp3) is 0.200. The summed E-state index contributed by atoms with van der Waals surface area (Å²) in [5.74, 6) is -0.397. The molecule has 0 bridgehead atoms. The number of rotatable bonds is 5. The Labute approximate surface area is 111 Å². The van der Waals surface area contributed by atoms with Gasteiger partial charge < -0.3 is 10.1 Å². The van der Waals surface area contributed by atoms with Crippen LogP contribution in [0.15, 0.2) is 42.5 Å². The van der Waals surface area contributed by atoms with Crippen LogP contribution in [0.2, 0.25) is 0 Å². The van der Waals surface area contributed by atoms with E-state index in [1.807, 2.05) is 6.92 Å². The summed E-state index contributed by atoms with van der Waals surface area (Å²) in [5, 5.41) is 3.12. The van der Waals surface area contributed by atoms with Gasteiger partial charge in [-0.05, 0) is 42.8 Å². The van der Waals surface area contributed by atoms with E-state index >= 15 is 0 Å². The van der Waals surface area contributed by atoms with Gasteiger partial charge in [0.05, 0.1) is 0 Å². The summed E-state index contributed by atoms with van der Waals surface area (Å²) in [6.45, 7) is 2.67. The molecular formula is C15H15F2NO.